The van der Waals surface area contributed by atoms with Crippen LogP contribution in [0.2, 0.25) is 0 Å². The summed E-state index contributed by atoms with van der Waals surface area (Å²) in [7, 11) is 0. The quantitative estimate of drug-likeness (QED) is 0.809. The van der Waals surface area contributed by atoms with Gasteiger partial charge in [0.25, 0.3) is 5.91 Å². The number of nitrogens with one attached hydrogen (secondary N) is 1. The molecule has 2 fully saturated rings. The zero-order chi connectivity index (χ0) is 19.4. The number of amides is 2. The highest BCUT2D eigenvalue weighted by Gasteiger charge is 2.35. The number of aryl methyl sites for hydroxylation is 1. The van der Waals surface area contributed by atoms with Crippen molar-refractivity contribution in [3.05, 3.63) is 17.5 Å². The van der Waals surface area contributed by atoms with E-state index in [1.165, 1.54) is 0 Å². The van der Waals surface area contributed by atoms with Crippen molar-refractivity contribution in [1.29, 1.82) is 0 Å². The molecule has 2 saturated heterocycles. The summed E-state index contributed by atoms with van der Waals surface area (Å²) in [6.07, 6.45) is 3.82. The molecule has 0 spiro atoms. The normalized spacial score (nSPS) is 25.2. The van der Waals surface area contributed by atoms with Gasteiger partial charge >= 0.3 is 0 Å². The molecule has 1 atom stereocenters. The van der Waals surface area contributed by atoms with Gasteiger partial charge < -0.3 is 24.7 Å². The van der Waals surface area contributed by atoms with Crippen LogP contribution in [0.25, 0.3) is 0 Å². The second-order valence-corrected chi connectivity index (χ2v) is 7.94. The SMILES string of the molecule is CC(=O)NC1CCN(C[C@@]2(O)CCCN(C(=O)c3cc(C)on3)CC2)CC1. The van der Waals surface area contributed by atoms with Gasteiger partial charge in [-0.25, -0.2) is 0 Å². The van der Waals surface area contributed by atoms with Gasteiger partial charge in [-0.3, -0.25) is 9.59 Å². The first-order valence-electron chi connectivity index (χ1n) is 9.79. The van der Waals surface area contributed by atoms with Gasteiger partial charge in [0.2, 0.25) is 5.91 Å². The minimum atomic E-state index is -0.782. The second kappa shape index (κ2) is 8.39. The number of aliphatic hydroxyl groups is 1. The fourth-order valence-corrected chi connectivity index (χ4v) is 4.11. The number of nitrogens with zero attached hydrogens (tertiary/aromatic N) is 3. The van der Waals surface area contributed by atoms with E-state index >= 15 is 0 Å². The van der Waals surface area contributed by atoms with Crippen LogP contribution in [0.5, 0.6) is 0 Å². The minimum Gasteiger partial charge on any atom is -0.388 e. The van der Waals surface area contributed by atoms with Crippen molar-refractivity contribution in [2.45, 2.75) is 57.6 Å². The van der Waals surface area contributed by atoms with Crippen LogP contribution in [0.3, 0.4) is 0 Å². The highest BCUT2D eigenvalue weighted by molar-refractivity contribution is 5.92. The van der Waals surface area contributed by atoms with Crippen LogP contribution in [-0.4, -0.2) is 76.2 Å². The summed E-state index contributed by atoms with van der Waals surface area (Å²) in [5, 5.41) is 17.9. The third-order valence-electron chi connectivity index (χ3n) is 5.56. The fourth-order valence-electron chi connectivity index (χ4n) is 4.11. The summed E-state index contributed by atoms with van der Waals surface area (Å²) in [6.45, 7) is 6.81. The molecule has 3 heterocycles. The molecule has 2 amide bonds. The molecule has 2 aliphatic rings. The van der Waals surface area contributed by atoms with Gasteiger partial charge in [0.05, 0.1) is 5.60 Å². The summed E-state index contributed by atoms with van der Waals surface area (Å²) >= 11 is 0. The van der Waals surface area contributed by atoms with E-state index in [0.29, 0.717) is 43.9 Å². The third kappa shape index (κ3) is 5.29. The van der Waals surface area contributed by atoms with Gasteiger partial charge in [-0.2, -0.15) is 0 Å². The first kappa shape index (κ1) is 19.8. The van der Waals surface area contributed by atoms with E-state index in [1.54, 1.807) is 24.8 Å². The first-order valence-corrected chi connectivity index (χ1v) is 9.79. The molecule has 27 heavy (non-hydrogen) atoms. The fraction of sp³-hybridized carbons (Fsp3) is 0.737. The van der Waals surface area contributed by atoms with E-state index in [0.717, 1.165) is 32.4 Å². The molecule has 0 aromatic carbocycles. The number of carbonyl (C=O) groups excluding carboxylic acids is 2. The van der Waals surface area contributed by atoms with Crippen LogP contribution in [0.4, 0.5) is 0 Å². The summed E-state index contributed by atoms with van der Waals surface area (Å²) in [5.74, 6) is 0.502. The van der Waals surface area contributed by atoms with Gasteiger partial charge in [0, 0.05) is 51.8 Å². The lowest BCUT2D eigenvalue weighted by atomic mass is 9.93. The molecular formula is C19H30N4O4. The van der Waals surface area contributed by atoms with Gasteiger partial charge in [0.1, 0.15) is 5.76 Å². The molecule has 8 nitrogen and oxygen atoms in total. The van der Waals surface area contributed by atoms with E-state index in [-0.39, 0.29) is 17.9 Å². The maximum Gasteiger partial charge on any atom is 0.276 e. The Kier molecular flexibility index (Phi) is 6.16. The highest BCUT2D eigenvalue weighted by Crippen LogP contribution is 2.26. The number of carbonyl (C=O) groups is 2. The first-order chi connectivity index (χ1) is 12.8. The standard InChI is InChI=1S/C19H30N4O4/c1-14-12-17(21-27-14)18(25)23-8-3-6-19(26,7-11-23)13-22-9-4-16(5-10-22)20-15(2)24/h12,16,26H,3-11,13H2,1-2H3,(H,20,24)/t19-/m1/s1. The Balaban J connectivity index is 1.51. The summed E-state index contributed by atoms with van der Waals surface area (Å²) in [5.41, 5.74) is -0.451. The van der Waals surface area contributed by atoms with Crippen LogP contribution in [-0.2, 0) is 4.79 Å². The minimum absolute atomic E-state index is 0.0166. The second-order valence-electron chi connectivity index (χ2n) is 7.94. The van der Waals surface area contributed by atoms with Crippen molar-refractivity contribution in [3.63, 3.8) is 0 Å². The largest absolute Gasteiger partial charge is 0.388 e. The van der Waals surface area contributed by atoms with Crippen LogP contribution in [0.1, 0.15) is 55.3 Å². The zero-order valence-corrected chi connectivity index (χ0v) is 16.2. The molecule has 1 aromatic heterocycles. The molecular weight excluding hydrogens is 348 g/mol. The van der Waals surface area contributed by atoms with Crippen molar-refractivity contribution >= 4 is 11.8 Å². The Morgan fingerprint density at radius 3 is 2.67 bits per heavy atom. The van der Waals surface area contributed by atoms with E-state index in [2.05, 4.69) is 15.4 Å². The molecule has 150 valence electrons. The van der Waals surface area contributed by atoms with Crippen LogP contribution < -0.4 is 5.32 Å². The third-order valence-corrected chi connectivity index (χ3v) is 5.56. The number of hydrogen-bond donors (Lipinski definition) is 2. The smallest absolute Gasteiger partial charge is 0.276 e. The molecule has 3 rings (SSSR count). The lowest BCUT2D eigenvalue weighted by Crippen LogP contribution is -2.50. The Morgan fingerprint density at radius 1 is 1.30 bits per heavy atom. The summed E-state index contributed by atoms with van der Waals surface area (Å²) in [6, 6.07) is 1.89. The summed E-state index contributed by atoms with van der Waals surface area (Å²) in [4.78, 5) is 27.8. The predicted octanol–water partition coefficient (Wildman–Crippen LogP) is 0.941. The Labute approximate surface area is 159 Å². The van der Waals surface area contributed by atoms with E-state index in [4.69, 9.17) is 4.52 Å². The van der Waals surface area contributed by atoms with Gasteiger partial charge in [0.15, 0.2) is 5.69 Å². The average molecular weight is 378 g/mol. The van der Waals surface area contributed by atoms with Gasteiger partial charge in [-0.05, 0) is 39.0 Å². The maximum atomic E-state index is 12.6. The van der Waals surface area contributed by atoms with E-state index < -0.39 is 5.60 Å². The number of aromatic nitrogens is 1. The molecule has 2 aliphatic heterocycles. The van der Waals surface area contributed by atoms with Crippen molar-refractivity contribution in [2.24, 2.45) is 0 Å². The Bertz CT molecular complexity index is 668. The molecule has 0 bridgehead atoms. The van der Waals surface area contributed by atoms with Gasteiger partial charge in [-0.1, -0.05) is 5.16 Å². The number of likely N-dealkylation sites (tertiary alicyclic amines) is 2. The van der Waals surface area contributed by atoms with Crippen LogP contribution >= 0.6 is 0 Å². The van der Waals surface area contributed by atoms with E-state index in [1.807, 2.05) is 0 Å². The lowest BCUT2D eigenvalue weighted by Gasteiger charge is -2.38. The molecule has 8 heteroatoms. The number of piperidine rings is 1. The molecule has 0 aliphatic carbocycles. The maximum absolute atomic E-state index is 12.6. The number of hydrogen-bond acceptors (Lipinski definition) is 6. The molecule has 0 unspecified atom stereocenters. The van der Waals surface area contributed by atoms with Crippen molar-refractivity contribution in [1.82, 2.24) is 20.3 Å². The lowest BCUT2D eigenvalue weighted by molar-refractivity contribution is -0.120. The van der Waals surface area contributed by atoms with Crippen molar-refractivity contribution < 1.29 is 19.2 Å². The van der Waals surface area contributed by atoms with Crippen molar-refractivity contribution in [3.8, 4) is 0 Å². The average Bonchev–Trinajstić information content (AvgIpc) is 2.95. The predicted molar refractivity (Wildman–Crippen MR) is 99.2 cm³/mol. The van der Waals surface area contributed by atoms with Crippen LogP contribution in [0, 0.1) is 6.92 Å². The highest BCUT2D eigenvalue weighted by atomic mass is 16.5. The molecule has 2 N–H and O–H groups in total. The topological polar surface area (TPSA) is 98.9 Å². The summed E-state index contributed by atoms with van der Waals surface area (Å²) < 4.78 is 5.00. The van der Waals surface area contributed by atoms with Crippen LogP contribution in [0.15, 0.2) is 10.6 Å². The molecule has 0 radical (unpaired) electrons. The molecule has 1 aromatic rings. The Hall–Kier alpha value is -1.93. The van der Waals surface area contributed by atoms with Gasteiger partial charge in [-0.15, -0.1) is 0 Å². The van der Waals surface area contributed by atoms with Crippen molar-refractivity contribution in [2.75, 3.05) is 32.7 Å². The number of β-amino-alcohol motifs (C(OH)–C–C–N with tert-alkyl or cyclic N) is 1. The number of rotatable bonds is 4. The Morgan fingerprint density at radius 2 is 2.04 bits per heavy atom. The monoisotopic (exact) mass is 378 g/mol. The van der Waals surface area contributed by atoms with E-state index in [9.17, 15) is 14.7 Å². The molecule has 0 saturated carbocycles. The zero-order valence-electron chi connectivity index (χ0n) is 16.2.